The minimum absolute atomic E-state index is 0.202. The van der Waals surface area contributed by atoms with Crippen LogP contribution in [-0.2, 0) is 4.79 Å². The Hall–Kier alpha value is -1.84. The summed E-state index contributed by atoms with van der Waals surface area (Å²) >= 11 is 0. The molecule has 0 aromatic heterocycles. The Morgan fingerprint density at radius 1 is 1.28 bits per heavy atom. The highest BCUT2D eigenvalue weighted by atomic mass is 16.5. The predicted octanol–water partition coefficient (Wildman–Crippen LogP) is 2.38. The van der Waals surface area contributed by atoms with Crippen LogP contribution >= 0.6 is 0 Å². The summed E-state index contributed by atoms with van der Waals surface area (Å²) in [6, 6.07) is 7.77. The molecule has 1 aromatic carbocycles. The second-order valence-electron chi connectivity index (χ2n) is 4.10. The van der Waals surface area contributed by atoms with Gasteiger partial charge in [-0.2, -0.15) is 5.10 Å². The number of hydrazone groups is 1. The quantitative estimate of drug-likeness (QED) is 0.458. The Morgan fingerprint density at radius 3 is 2.50 bits per heavy atom. The Balaban J connectivity index is 2.45. The van der Waals surface area contributed by atoms with E-state index in [0.29, 0.717) is 13.0 Å². The SMILES string of the molecule is CN/N=C(\C)c1ccc(OCCCC(C)=O)cc1. The van der Waals surface area contributed by atoms with Crippen LogP contribution < -0.4 is 10.2 Å². The smallest absolute Gasteiger partial charge is 0.129 e. The van der Waals surface area contributed by atoms with E-state index in [-0.39, 0.29) is 5.78 Å². The summed E-state index contributed by atoms with van der Waals surface area (Å²) in [4.78, 5) is 10.8. The van der Waals surface area contributed by atoms with Gasteiger partial charge in [-0.3, -0.25) is 0 Å². The van der Waals surface area contributed by atoms with E-state index in [4.69, 9.17) is 4.74 Å². The van der Waals surface area contributed by atoms with Gasteiger partial charge in [0.05, 0.1) is 12.3 Å². The van der Waals surface area contributed by atoms with Gasteiger partial charge in [-0.25, -0.2) is 0 Å². The van der Waals surface area contributed by atoms with Crippen LogP contribution in [0, 0.1) is 0 Å². The molecule has 18 heavy (non-hydrogen) atoms. The van der Waals surface area contributed by atoms with Crippen molar-refractivity contribution in [2.45, 2.75) is 26.7 Å². The van der Waals surface area contributed by atoms with Gasteiger partial charge < -0.3 is 15.0 Å². The summed E-state index contributed by atoms with van der Waals surface area (Å²) in [5.74, 6) is 1.02. The zero-order chi connectivity index (χ0) is 13.4. The molecule has 0 amide bonds. The topological polar surface area (TPSA) is 50.7 Å². The normalized spacial score (nSPS) is 11.2. The fourth-order valence-electron chi connectivity index (χ4n) is 1.54. The van der Waals surface area contributed by atoms with Gasteiger partial charge in [0.2, 0.25) is 0 Å². The number of hydrogen-bond donors (Lipinski definition) is 1. The molecule has 1 rings (SSSR count). The maximum absolute atomic E-state index is 10.8. The van der Waals surface area contributed by atoms with Gasteiger partial charge in [-0.15, -0.1) is 0 Å². The molecule has 0 bridgehead atoms. The summed E-state index contributed by atoms with van der Waals surface area (Å²) in [5.41, 5.74) is 4.74. The molecule has 0 radical (unpaired) electrons. The van der Waals surface area contributed by atoms with E-state index in [2.05, 4.69) is 10.5 Å². The maximum atomic E-state index is 10.8. The number of carbonyl (C=O) groups is 1. The van der Waals surface area contributed by atoms with E-state index in [1.54, 1.807) is 14.0 Å². The van der Waals surface area contributed by atoms with E-state index in [1.165, 1.54) is 0 Å². The average molecular weight is 248 g/mol. The van der Waals surface area contributed by atoms with Crippen molar-refractivity contribution in [3.8, 4) is 5.75 Å². The first-order chi connectivity index (χ1) is 8.63. The summed E-state index contributed by atoms with van der Waals surface area (Å²) in [6.45, 7) is 4.11. The Labute approximate surface area is 108 Å². The van der Waals surface area contributed by atoms with Gasteiger partial charge in [0.1, 0.15) is 11.5 Å². The molecule has 98 valence electrons. The lowest BCUT2D eigenvalue weighted by molar-refractivity contribution is -0.117. The van der Waals surface area contributed by atoms with E-state index >= 15 is 0 Å². The number of benzene rings is 1. The van der Waals surface area contributed by atoms with Crippen molar-refractivity contribution in [1.82, 2.24) is 5.43 Å². The van der Waals surface area contributed by atoms with Crippen LogP contribution in [0.5, 0.6) is 5.75 Å². The molecule has 0 aliphatic carbocycles. The molecule has 0 aliphatic heterocycles. The molecule has 0 aliphatic rings. The summed E-state index contributed by atoms with van der Waals surface area (Å²) in [5, 5.41) is 4.11. The van der Waals surface area contributed by atoms with Crippen LogP contribution in [0.15, 0.2) is 29.4 Å². The molecular formula is C14H20N2O2. The molecule has 0 saturated heterocycles. The number of nitrogens with zero attached hydrogens (tertiary/aromatic N) is 1. The van der Waals surface area contributed by atoms with Gasteiger partial charge in [0, 0.05) is 13.5 Å². The zero-order valence-electron chi connectivity index (χ0n) is 11.2. The largest absolute Gasteiger partial charge is 0.494 e. The van der Waals surface area contributed by atoms with E-state index < -0.39 is 0 Å². The van der Waals surface area contributed by atoms with Gasteiger partial charge >= 0.3 is 0 Å². The Bertz CT molecular complexity index is 410. The van der Waals surface area contributed by atoms with Crippen molar-refractivity contribution in [1.29, 1.82) is 0 Å². The van der Waals surface area contributed by atoms with Crippen LogP contribution in [0.3, 0.4) is 0 Å². The number of ether oxygens (including phenoxy) is 1. The molecular weight excluding hydrogens is 228 g/mol. The molecule has 1 aromatic rings. The van der Waals surface area contributed by atoms with Crippen molar-refractivity contribution >= 4 is 11.5 Å². The van der Waals surface area contributed by atoms with Crippen LogP contribution in [0.4, 0.5) is 0 Å². The third kappa shape index (κ3) is 4.99. The predicted molar refractivity (Wildman–Crippen MR) is 73.1 cm³/mol. The fraction of sp³-hybridized carbons (Fsp3) is 0.429. The third-order valence-corrected chi connectivity index (χ3v) is 2.49. The molecule has 0 heterocycles. The number of rotatable bonds is 7. The van der Waals surface area contributed by atoms with Gasteiger partial charge in [-0.05, 0) is 50.1 Å². The van der Waals surface area contributed by atoms with Crippen molar-refractivity contribution in [2.75, 3.05) is 13.7 Å². The lowest BCUT2D eigenvalue weighted by Gasteiger charge is -2.06. The summed E-state index contributed by atoms with van der Waals surface area (Å²) in [7, 11) is 1.77. The van der Waals surface area contributed by atoms with Crippen molar-refractivity contribution in [2.24, 2.45) is 5.10 Å². The maximum Gasteiger partial charge on any atom is 0.129 e. The number of hydrogen-bond acceptors (Lipinski definition) is 4. The zero-order valence-corrected chi connectivity index (χ0v) is 11.2. The van der Waals surface area contributed by atoms with Crippen molar-refractivity contribution < 1.29 is 9.53 Å². The average Bonchev–Trinajstić information content (AvgIpc) is 2.35. The van der Waals surface area contributed by atoms with Crippen molar-refractivity contribution in [3.05, 3.63) is 29.8 Å². The molecule has 0 fully saturated rings. The molecule has 1 N–H and O–H groups in total. The van der Waals surface area contributed by atoms with Gasteiger partial charge in [-0.1, -0.05) is 0 Å². The second-order valence-corrected chi connectivity index (χ2v) is 4.10. The van der Waals surface area contributed by atoms with Crippen LogP contribution in [0.25, 0.3) is 0 Å². The number of carbonyl (C=O) groups excluding carboxylic acids is 1. The fourth-order valence-corrected chi connectivity index (χ4v) is 1.54. The van der Waals surface area contributed by atoms with E-state index in [0.717, 1.165) is 23.4 Å². The lowest BCUT2D eigenvalue weighted by Crippen LogP contribution is -2.03. The molecule has 4 heteroatoms. The minimum Gasteiger partial charge on any atom is -0.494 e. The van der Waals surface area contributed by atoms with Crippen LogP contribution in [0.1, 0.15) is 32.3 Å². The summed E-state index contributed by atoms with van der Waals surface area (Å²) < 4.78 is 5.54. The molecule has 0 spiro atoms. The highest BCUT2D eigenvalue weighted by Crippen LogP contribution is 2.13. The highest BCUT2D eigenvalue weighted by molar-refractivity contribution is 5.98. The molecule has 0 atom stereocenters. The van der Waals surface area contributed by atoms with Gasteiger partial charge in [0.15, 0.2) is 0 Å². The highest BCUT2D eigenvalue weighted by Gasteiger charge is 1.99. The number of ketones is 1. The summed E-state index contributed by atoms with van der Waals surface area (Å²) in [6.07, 6.45) is 1.34. The van der Waals surface area contributed by atoms with Gasteiger partial charge in [0.25, 0.3) is 0 Å². The van der Waals surface area contributed by atoms with E-state index in [9.17, 15) is 4.79 Å². The standard InChI is InChI=1S/C14H20N2O2/c1-11(17)5-4-10-18-14-8-6-13(7-9-14)12(2)16-15-3/h6-9,15H,4-5,10H2,1-3H3/b16-12+. The first-order valence-electron chi connectivity index (χ1n) is 6.07. The third-order valence-electron chi connectivity index (χ3n) is 2.49. The molecule has 4 nitrogen and oxygen atoms in total. The monoisotopic (exact) mass is 248 g/mol. The number of nitrogens with one attached hydrogen (secondary N) is 1. The number of Topliss-reactive ketones (excluding diaryl/α,β-unsaturated/α-hetero) is 1. The van der Waals surface area contributed by atoms with Crippen molar-refractivity contribution in [3.63, 3.8) is 0 Å². The first kappa shape index (κ1) is 14.2. The Morgan fingerprint density at radius 2 is 1.94 bits per heavy atom. The van der Waals surface area contributed by atoms with Crippen LogP contribution in [0.2, 0.25) is 0 Å². The first-order valence-corrected chi connectivity index (χ1v) is 6.07. The molecule has 0 saturated carbocycles. The van der Waals surface area contributed by atoms with E-state index in [1.807, 2.05) is 31.2 Å². The minimum atomic E-state index is 0.202. The van der Waals surface area contributed by atoms with Crippen LogP contribution in [-0.4, -0.2) is 25.1 Å². The lowest BCUT2D eigenvalue weighted by atomic mass is 10.1. The molecule has 0 unspecified atom stereocenters. The second kappa shape index (κ2) is 7.48. The Kier molecular flexibility index (Phi) is 5.91.